The summed E-state index contributed by atoms with van der Waals surface area (Å²) < 4.78 is 1.84. The fourth-order valence-electron chi connectivity index (χ4n) is 3.83. The van der Waals surface area contributed by atoms with Gasteiger partial charge >= 0.3 is 0 Å². The van der Waals surface area contributed by atoms with Gasteiger partial charge in [-0.15, -0.1) is 0 Å². The van der Waals surface area contributed by atoms with Crippen LogP contribution in [0.4, 0.5) is 5.69 Å². The van der Waals surface area contributed by atoms with Crippen molar-refractivity contribution in [1.29, 1.82) is 0 Å². The van der Waals surface area contributed by atoms with Crippen molar-refractivity contribution in [2.45, 2.75) is 19.3 Å². The van der Waals surface area contributed by atoms with Crippen LogP contribution in [0.15, 0.2) is 72.0 Å². The van der Waals surface area contributed by atoms with Crippen molar-refractivity contribution in [3.8, 4) is 5.69 Å². The number of rotatable bonds is 6. The molecule has 0 saturated heterocycles. The second kappa shape index (κ2) is 9.93. The average molecular weight is 417 g/mol. The van der Waals surface area contributed by atoms with E-state index in [0.717, 1.165) is 43.7 Å². The summed E-state index contributed by atoms with van der Waals surface area (Å²) in [5.41, 5.74) is 4.53. The van der Waals surface area contributed by atoms with Gasteiger partial charge in [-0.05, 0) is 54.7 Å². The Morgan fingerprint density at radius 1 is 1.10 bits per heavy atom. The number of benzene rings is 2. The van der Waals surface area contributed by atoms with Crippen molar-refractivity contribution in [3.63, 3.8) is 0 Å². The smallest absolute Gasteiger partial charge is 0.246 e. The van der Waals surface area contributed by atoms with Crippen LogP contribution in [-0.4, -0.2) is 48.3 Å². The Labute approximate surface area is 182 Å². The Bertz CT molecular complexity index is 1030. The Balaban J connectivity index is 1.24. The van der Waals surface area contributed by atoms with E-state index in [1.807, 2.05) is 40.0 Å². The molecule has 4 rings (SSSR count). The molecule has 2 N–H and O–H groups in total. The lowest BCUT2D eigenvalue weighted by Gasteiger charge is -2.29. The van der Waals surface area contributed by atoms with Gasteiger partial charge in [-0.1, -0.05) is 30.3 Å². The van der Waals surface area contributed by atoms with E-state index in [2.05, 4.69) is 51.1 Å². The Morgan fingerprint density at radius 2 is 1.94 bits per heavy atom. The number of fused-ring (bicyclic) bond motifs is 1. The summed E-state index contributed by atoms with van der Waals surface area (Å²) >= 11 is 0. The molecule has 0 aliphatic carbocycles. The number of guanidine groups is 1. The van der Waals surface area contributed by atoms with Gasteiger partial charge in [-0.3, -0.25) is 9.79 Å². The number of nitrogens with one attached hydrogen (secondary N) is 2. The largest absolute Gasteiger partial charge is 0.356 e. The summed E-state index contributed by atoms with van der Waals surface area (Å²) in [6.45, 7) is 1.70. The number of hydrogen-bond acceptors (Lipinski definition) is 3. The SMILES string of the molecule is CN=C(NCCc1ccc(-n2cccn2)cc1)NCC(=O)N1CCCc2ccccc21. The molecule has 7 heteroatoms. The van der Waals surface area contributed by atoms with Gasteiger partial charge in [0.25, 0.3) is 0 Å². The number of para-hydroxylation sites is 1. The average Bonchev–Trinajstić information content (AvgIpc) is 3.36. The van der Waals surface area contributed by atoms with Crippen LogP contribution in [0.1, 0.15) is 17.5 Å². The van der Waals surface area contributed by atoms with Crippen molar-refractivity contribution in [2.24, 2.45) is 4.99 Å². The van der Waals surface area contributed by atoms with E-state index in [-0.39, 0.29) is 12.5 Å². The molecule has 1 aliphatic rings. The predicted molar refractivity (Wildman–Crippen MR) is 124 cm³/mol. The van der Waals surface area contributed by atoms with Crippen molar-refractivity contribution < 1.29 is 4.79 Å². The number of carbonyl (C=O) groups excluding carboxylic acids is 1. The highest BCUT2D eigenvalue weighted by molar-refractivity contribution is 5.98. The molecular formula is C24H28N6O. The monoisotopic (exact) mass is 416 g/mol. The van der Waals surface area contributed by atoms with Gasteiger partial charge in [0, 0.05) is 38.2 Å². The van der Waals surface area contributed by atoms with Crippen LogP contribution < -0.4 is 15.5 Å². The number of amides is 1. The maximum absolute atomic E-state index is 12.8. The van der Waals surface area contributed by atoms with Gasteiger partial charge in [-0.25, -0.2) is 4.68 Å². The van der Waals surface area contributed by atoms with Crippen molar-refractivity contribution in [3.05, 3.63) is 78.1 Å². The van der Waals surface area contributed by atoms with Gasteiger partial charge in [0.1, 0.15) is 0 Å². The standard InChI is InChI=1S/C24H28N6O/c1-25-24(26-15-13-19-9-11-21(12-10-19)30-17-5-14-28-30)27-18-23(31)29-16-4-7-20-6-2-3-8-22(20)29/h2-3,5-6,8-12,14,17H,4,7,13,15-16,18H2,1H3,(H2,25,26,27). The Hall–Kier alpha value is -3.61. The molecule has 0 bridgehead atoms. The van der Waals surface area contributed by atoms with E-state index in [4.69, 9.17) is 0 Å². The molecule has 0 fully saturated rings. The molecule has 7 nitrogen and oxygen atoms in total. The molecule has 0 saturated carbocycles. The molecule has 2 heterocycles. The minimum atomic E-state index is 0.0595. The third-order valence-corrected chi connectivity index (χ3v) is 5.45. The fraction of sp³-hybridized carbons (Fsp3) is 0.292. The topological polar surface area (TPSA) is 74.5 Å². The summed E-state index contributed by atoms with van der Waals surface area (Å²) in [4.78, 5) is 18.9. The lowest BCUT2D eigenvalue weighted by molar-refractivity contribution is -0.117. The van der Waals surface area contributed by atoms with Crippen LogP contribution >= 0.6 is 0 Å². The minimum Gasteiger partial charge on any atom is -0.356 e. The lowest BCUT2D eigenvalue weighted by Crippen LogP contribution is -2.46. The van der Waals surface area contributed by atoms with Gasteiger partial charge in [0.05, 0.1) is 12.2 Å². The molecule has 0 unspecified atom stereocenters. The number of hydrogen-bond donors (Lipinski definition) is 2. The van der Waals surface area contributed by atoms with Gasteiger partial charge in [-0.2, -0.15) is 5.10 Å². The number of aliphatic imine (C=N–C) groups is 1. The first kappa shape index (κ1) is 20.7. The summed E-state index contributed by atoms with van der Waals surface area (Å²) in [6.07, 6.45) is 6.57. The molecule has 2 aromatic carbocycles. The zero-order valence-electron chi connectivity index (χ0n) is 17.8. The predicted octanol–water partition coefficient (Wildman–Crippen LogP) is 2.56. The highest BCUT2D eigenvalue weighted by Crippen LogP contribution is 2.26. The lowest BCUT2D eigenvalue weighted by atomic mass is 10.0. The second-order valence-corrected chi connectivity index (χ2v) is 7.50. The van der Waals surface area contributed by atoms with Crippen molar-refractivity contribution in [2.75, 3.05) is 31.6 Å². The van der Waals surface area contributed by atoms with Gasteiger partial charge in [0.2, 0.25) is 5.91 Å². The van der Waals surface area contributed by atoms with Crippen LogP contribution in [0.5, 0.6) is 0 Å². The molecule has 0 radical (unpaired) electrons. The quantitative estimate of drug-likeness (QED) is 0.478. The first-order chi connectivity index (χ1) is 15.2. The number of nitrogens with zero attached hydrogens (tertiary/aromatic N) is 4. The van der Waals surface area contributed by atoms with E-state index in [1.54, 1.807) is 13.2 Å². The number of carbonyl (C=O) groups is 1. The van der Waals surface area contributed by atoms with Crippen LogP contribution in [-0.2, 0) is 17.6 Å². The maximum atomic E-state index is 12.8. The Morgan fingerprint density at radius 3 is 2.71 bits per heavy atom. The highest BCUT2D eigenvalue weighted by Gasteiger charge is 2.21. The molecule has 1 amide bonds. The van der Waals surface area contributed by atoms with E-state index in [0.29, 0.717) is 5.96 Å². The van der Waals surface area contributed by atoms with Crippen LogP contribution in [0.2, 0.25) is 0 Å². The first-order valence-corrected chi connectivity index (χ1v) is 10.7. The summed E-state index contributed by atoms with van der Waals surface area (Å²) in [7, 11) is 1.72. The molecule has 1 aliphatic heterocycles. The molecule has 1 aromatic heterocycles. The summed E-state index contributed by atoms with van der Waals surface area (Å²) in [5, 5.41) is 10.7. The number of anilines is 1. The van der Waals surface area contributed by atoms with Crippen LogP contribution in [0.3, 0.4) is 0 Å². The third-order valence-electron chi connectivity index (χ3n) is 5.45. The van der Waals surface area contributed by atoms with E-state index in [1.165, 1.54) is 11.1 Å². The van der Waals surface area contributed by atoms with Crippen LogP contribution in [0.25, 0.3) is 5.69 Å². The van der Waals surface area contributed by atoms with E-state index >= 15 is 0 Å². The van der Waals surface area contributed by atoms with E-state index < -0.39 is 0 Å². The molecule has 3 aromatic rings. The van der Waals surface area contributed by atoms with Gasteiger partial charge in [0.15, 0.2) is 5.96 Å². The zero-order valence-corrected chi connectivity index (χ0v) is 17.8. The van der Waals surface area contributed by atoms with Crippen molar-refractivity contribution in [1.82, 2.24) is 20.4 Å². The molecule has 0 atom stereocenters. The number of aromatic nitrogens is 2. The van der Waals surface area contributed by atoms with Crippen LogP contribution in [0, 0.1) is 0 Å². The van der Waals surface area contributed by atoms with E-state index in [9.17, 15) is 4.79 Å². The van der Waals surface area contributed by atoms with Gasteiger partial charge < -0.3 is 15.5 Å². The minimum absolute atomic E-state index is 0.0595. The molecule has 31 heavy (non-hydrogen) atoms. The number of aryl methyl sites for hydroxylation is 1. The second-order valence-electron chi connectivity index (χ2n) is 7.50. The Kier molecular flexibility index (Phi) is 6.62. The highest BCUT2D eigenvalue weighted by atomic mass is 16.2. The van der Waals surface area contributed by atoms with Crippen molar-refractivity contribution >= 4 is 17.6 Å². The zero-order chi connectivity index (χ0) is 21.5. The molecule has 160 valence electrons. The normalized spacial score (nSPS) is 13.6. The first-order valence-electron chi connectivity index (χ1n) is 10.7. The molecule has 0 spiro atoms. The molecular weight excluding hydrogens is 388 g/mol. The summed E-state index contributed by atoms with van der Waals surface area (Å²) in [5.74, 6) is 0.691. The third kappa shape index (κ3) is 5.12. The fourth-order valence-corrected chi connectivity index (χ4v) is 3.83. The maximum Gasteiger partial charge on any atom is 0.246 e. The summed E-state index contributed by atoms with van der Waals surface area (Å²) in [6, 6.07) is 18.4.